The molecule has 2 N–H and O–H groups in total. The maximum atomic E-state index is 11.6. The number of phenols is 1. The molecule has 22 heavy (non-hydrogen) atoms. The molecule has 5 heteroatoms. The third-order valence-electron chi connectivity index (χ3n) is 3.58. The average molecular weight is 321 g/mol. The van der Waals surface area contributed by atoms with Gasteiger partial charge in [-0.25, -0.2) is 0 Å². The summed E-state index contributed by atoms with van der Waals surface area (Å²) in [7, 11) is 1.45. The van der Waals surface area contributed by atoms with E-state index in [4.69, 9.17) is 16.3 Å². The number of hydrogen-bond acceptors (Lipinski definition) is 3. The summed E-state index contributed by atoms with van der Waals surface area (Å²) in [5.74, 6) is -1.29. The van der Waals surface area contributed by atoms with Crippen molar-refractivity contribution in [3.8, 4) is 11.5 Å². The van der Waals surface area contributed by atoms with Gasteiger partial charge in [-0.2, -0.15) is 0 Å². The lowest BCUT2D eigenvalue weighted by Gasteiger charge is -2.15. The van der Waals surface area contributed by atoms with Gasteiger partial charge in [0.1, 0.15) is 0 Å². The molecule has 0 bridgehead atoms. The second-order valence-corrected chi connectivity index (χ2v) is 5.52. The van der Waals surface area contributed by atoms with E-state index in [1.165, 1.54) is 13.2 Å². The molecule has 116 valence electrons. The van der Waals surface area contributed by atoms with Crippen LogP contribution in [0.25, 0.3) is 0 Å². The zero-order valence-corrected chi connectivity index (χ0v) is 13.1. The van der Waals surface area contributed by atoms with Crippen molar-refractivity contribution in [3.63, 3.8) is 0 Å². The Bertz CT molecular complexity index is 697. The summed E-state index contributed by atoms with van der Waals surface area (Å²) in [6, 6.07) is 10.1. The molecule has 1 unspecified atom stereocenters. The number of phenolic OH excluding ortho intramolecular Hbond substituents is 1. The standard InChI is InChI=1S/C17H17ClO4/c1-10-3-5-12(9-14(10)18)13(17(20)21)7-11-4-6-15(19)16(8-11)22-2/h3-6,8-9,13,19H,7H2,1-2H3,(H,20,21). The number of aromatic hydroxyl groups is 1. The quantitative estimate of drug-likeness (QED) is 0.880. The van der Waals surface area contributed by atoms with Crippen molar-refractivity contribution in [1.29, 1.82) is 0 Å². The summed E-state index contributed by atoms with van der Waals surface area (Å²) in [6.07, 6.45) is 0.283. The lowest BCUT2D eigenvalue weighted by molar-refractivity contribution is -0.138. The number of aryl methyl sites for hydroxylation is 1. The average Bonchev–Trinajstić information content (AvgIpc) is 2.49. The number of ether oxygens (including phenoxy) is 1. The number of benzene rings is 2. The van der Waals surface area contributed by atoms with Crippen LogP contribution < -0.4 is 4.74 Å². The smallest absolute Gasteiger partial charge is 0.311 e. The van der Waals surface area contributed by atoms with E-state index in [1.807, 2.05) is 13.0 Å². The topological polar surface area (TPSA) is 66.8 Å². The van der Waals surface area contributed by atoms with Gasteiger partial charge in [-0.15, -0.1) is 0 Å². The van der Waals surface area contributed by atoms with E-state index in [0.717, 1.165) is 11.1 Å². The third-order valence-corrected chi connectivity index (χ3v) is 3.99. The molecular formula is C17H17ClO4. The van der Waals surface area contributed by atoms with Crippen molar-refractivity contribution >= 4 is 17.6 Å². The summed E-state index contributed by atoms with van der Waals surface area (Å²) in [4.78, 5) is 11.6. The van der Waals surface area contributed by atoms with Crippen molar-refractivity contribution in [1.82, 2.24) is 0 Å². The van der Waals surface area contributed by atoms with E-state index in [9.17, 15) is 15.0 Å². The van der Waals surface area contributed by atoms with Gasteiger partial charge >= 0.3 is 5.97 Å². The van der Waals surface area contributed by atoms with E-state index in [-0.39, 0.29) is 12.2 Å². The monoisotopic (exact) mass is 320 g/mol. The predicted molar refractivity (Wildman–Crippen MR) is 84.9 cm³/mol. The minimum atomic E-state index is -0.924. The predicted octanol–water partition coefficient (Wildman–Crippen LogP) is 3.77. The summed E-state index contributed by atoms with van der Waals surface area (Å²) in [5, 5.41) is 19.7. The highest BCUT2D eigenvalue weighted by Gasteiger charge is 2.21. The molecule has 2 rings (SSSR count). The Morgan fingerprint density at radius 3 is 2.59 bits per heavy atom. The molecule has 0 spiro atoms. The molecule has 0 aromatic heterocycles. The molecule has 0 fully saturated rings. The molecule has 0 heterocycles. The molecule has 0 aliphatic rings. The van der Waals surface area contributed by atoms with Crippen molar-refractivity contribution in [2.24, 2.45) is 0 Å². The largest absolute Gasteiger partial charge is 0.504 e. The fourth-order valence-corrected chi connectivity index (χ4v) is 2.45. The third kappa shape index (κ3) is 3.52. The summed E-state index contributed by atoms with van der Waals surface area (Å²) in [5.41, 5.74) is 2.31. The molecule has 0 aliphatic carbocycles. The van der Waals surface area contributed by atoms with E-state index < -0.39 is 11.9 Å². The fraction of sp³-hybridized carbons (Fsp3) is 0.235. The van der Waals surface area contributed by atoms with Gasteiger partial charge in [0.2, 0.25) is 0 Å². The van der Waals surface area contributed by atoms with Crippen molar-refractivity contribution < 1.29 is 19.7 Å². The van der Waals surface area contributed by atoms with Crippen molar-refractivity contribution in [3.05, 3.63) is 58.1 Å². The first-order valence-corrected chi connectivity index (χ1v) is 7.15. The minimum Gasteiger partial charge on any atom is -0.504 e. The number of rotatable bonds is 5. The normalized spacial score (nSPS) is 12.0. The molecule has 0 aliphatic heterocycles. The highest BCUT2D eigenvalue weighted by Crippen LogP contribution is 2.30. The van der Waals surface area contributed by atoms with Crippen LogP contribution in [0.5, 0.6) is 11.5 Å². The van der Waals surface area contributed by atoms with Crippen LogP contribution in [0, 0.1) is 6.92 Å². The van der Waals surface area contributed by atoms with Crippen LogP contribution >= 0.6 is 11.6 Å². The van der Waals surface area contributed by atoms with Crippen LogP contribution in [0.4, 0.5) is 0 Å². The second kappa shape index (κ2) is 6.71. The van der Waals surface area contributed by atoms with Gasteiger partial charge in [0, 0.05) is 5.02 Å². The van der Waals surface area contributed by atoms with Gasteiger partial charge in [0.05, 0.1) is 13.0 Å². The van der Waals surface area contributed by atoms with Gasteiger partial charge in [-0.05, 0) is 48.2 Å². The molecule has 0 radical (unpaired) electrons. The van der Waals surface area contributed by atoms with Crippen LogP contribution in [0.1, 0.15) is 22.6 Å². The summed E-state index contributed by atoms with van der Waals surface area (Å²) in [6.45, 7) is 1.87. The number of hydrogen-bond donors (Lipinski definition) is 2. The number of carbonyl (C=O) groups is 1. The van der Waals surface area contributed by atoms with Gasteiger partial charge in [-0.3, -0.25) is 4.79 Å². The Labute approximate surface area is 133 Å². The van der Waals surface area contributed by atoms with Crippen LogP contribution in [0.15, 0.2) is 36.4 Å². The number of methoxy groups -OCH3 is 1. The van der Waals surface area contributed by atoms with E-state index >= 15 is 0 Å². The Morgan fingerprint density at radius 2 is 2.00 bits per heavy atom. The van der Waals surface area contributed by atoms with Gasteiger partial charge in [0.15, 0.2) is 11.5 Å². The SMILES string of the molecule is COc1cc(CC(C(=O)O)c2ccc(C)c(Cl)c2)ccc1O. The molecule has 0 amide bonds. The summed E-state index contributed by atoms with van der Waals surface area (Å²) < 4.78 is 5.05. The molecule has 2 aromatic rings. The Morgan fingerprint density at radius 1 is 1.27 bits per heavy atom. The first-order chi connectivity index (χ1) is 10.4. The Balaban J connectivity index is 2.33. The first kappa shape index (κ1) is 16.2. The van der Waals surface area contributed by atoms with Crippen LogP contribution in [0.2, 0.25) is 5.02 Å². The maximum absolute atomic E-state index is 11.6. The van der Waals surface area contributed by atoms with Crippen molar-refractivity contribution in [2.75, 3.05) is 7.11 Å². The van der Waals surface area contributed by atoms with Gasteiger partial charge < -0.3 is 14.9 Å². The lowest BCUT2D eigenvalue weighted by atomic mass is 9.91. The molecule has 1 atom stereocenters. The molecule has 0 saturated heterocycles. The zero-order chi connectivity index (χ0) is 16.3. The van der Waals surface area contributed by atoms with Gasteiger partial charge in [0.25, 0.3) is 0 Å². The van der Waals surface area contributed by atoms with Gasteiger partial charge in [-0.1, -0.05) is 29.8 Å². The first-order valence-electron chi connectivity index (χ1n) is 6.77. The van der Waals surface area contributed by atoms with E-state index in [0.29, 0.717) is 16.3 Å². The molecule has 2 aromatic carbocycles. The van der Waals surface area contributed by atoms with E-state index in [1.54, 1.807) is 24.3 Å². The number of carboxylic acid groups (broad SMARTS) is 1. The van der Waals surface area contributed by atoms with E-state index in [2.05, 4.69) is 0 Å². The fourth-order valence-electron chi connectivity index (χ4n) is 2.26. The van der Waals surface area contributed by atoms with Crippen LogP contribution in [0.3, 0.4) is 0 Å². The maximum Gasteiger partial charge on any atom is 0.311 e. The van der Waals surface area contributed by atoms with Crippen molar-refractivity contribution in [2.45, 2.75) is 19.3 Å². The zero-order valence-electron chi connectivity index (χ0n) is 12.3. The second-order valence-electron chi connectivity index (χ2n) is 5.11. The number of aliphatic carboxylic acids is 1. The number of halogens is 1. The Hall–Kier alpha value is -2.20. The molecular weight excluding hydrogens is 304 g/mol. The highest BCUT2D eigenvalue weighted by molar-refractivity contribution is 6.31. The Kier molecular flexibility index (Phi) is 4.93. The lowest BCUT2D eigenvalue weighted by Crippen LogP contribution is -2.14. The number of carboxylic acids is 1. The van der Waals surface area contributed by atoms with Crippen LogP contribution in [-0.4, -0.2) is 23.3 Å². The molecule has 4 nitrogen and oxygen atoms in total. The van der Waals surface area contributed by atoms with Crippen LogP contribution in [-0.2, 0) is 11.2 Å². The molecule has 0 saturated carbocycles. The summed E-state index contributed by atoms with van der Waals surface area (Å²) >= 11 is 6.09. The minimum absolute atomic E-state index is 0.0245. The highest BCUT2D eigenvalue weighted by atomic mass is 35.5.